The Balaban J connectivity index is 1.76. The molecule has 0 unspecified atom stereocenters. The number of aryl methyl sites for hydroxylation is 2. The zero-order valence-corrected chi connectivity index (χ0v) is 15.7. The molecular weight excluding hydrogens is 362 g/mol. The molecule has 0 radical (unpaired) electrons. The highest BCUT2D eigenvalue weighted by atomic mass is 35.5. The first kappa shape index (κ1) is 18.6. The predicted octanol–water partition coefficient (Wildman–Crippen LogP) is 4.86. The van der Waals surface area contributed by atoms with Crippen molar-refractivity contribution in [2.75, 3.05) is 10.6 Å². The molecule has 0 atom stereocenters. The minimum Gasteiger partial charge on any atom is -0.321 e. The summed E-state index contributed by atoms with van der Waals surface area (Å²) in [7, 11) is 0. The fraction of sp³-hybridized carbons (Fsp3) is 0.0952. The molecule has 0 saturated carbocycles. The number of rotatable bonds is 4. The largest absolute Gasteiger partial charge is 0.321 e. The second-order valence-electron chi connectivity index (χ2n) is 6.14. The molecule has 2 aromatic carbocycles. The number of nitrogens with zero attached hydrogens (tertiary/aromatic N) is 1. The maximum Gasteiger partial charge on any atom is 0.274 e. The van der Waals surface area contributed by atoms with Crippen molar-refractivity contribution < 1.29 is 9.59 Å². The van der Waals surface area contributed by atoms with Gasteiger partial charge in [0.05, 0.1) is 0 Å². The highest BCUT2D eigenvalue weighted by Gasteiger charge is 2.13. The van der Waals surface area contributed by atoms with Crippen molar-refractivity contribution in [3.8, 4) is 0 Å². The van der Waals surface area contributed by atoms with Crippen LogP contribution in [-0.2, 0) is 0 Å². The van der Waals surface area contributed by atoms with Crippen LogP contribution < -0.4 is 10.6 Å². The number of halogens is 1. The zero-order chi connectivity index (χ0) is 19.4. The molecule has 2 amide bonds. The van der Waals surface area contributed by atoms with E-state index in [1.54, 1.807) is 42.5 Å². The molecule has 3 aromatic rings. The van der Waals surface area contributed by atoms with Gasteiger partial charge in [-0.1, -0.05) is 29.8 Å². The van der Waals surface area contributed by atoms with Crippen LogP contribution in [-0.4, -0.2) is 16.8 Å². The van der Waals surface area contributed by atoms with Crippen LogP contribution in [0.3, 0.4) is 0 Å². The first-order valence-corrected chi connectivity index (χ1v) is 8.73. The highest BCUT2D eigenvalue weighted by Crippen LogP contribution is 2.18. The molecule has 136 valence electrons. The maximum atomic E-state index is 12.5. The summed E-state index contributed by atoms with van der Waals surface area (Å²) in [6.07, 6.45) is 0. The second-order valence-corrected chi connectivity index (χ2v) is 6.58. The average molecular weight is 380 g/mol. The van der Waals surface area contributed by atoms with Crippen molar-refractivity contribution in [3.05, 3.63) is 88.2 Å². The molecule has 1 heterocycles. The van der Waals surface area contributed by atoms with E-state index in [2.05, 4.69) is 15.6 Å². The number of hydrogen-bond acceptors (Lipinski definition) is 3. The third kappa shape index (κ3) is 4.71. The standard InChI is InChI=1S/C21H18ClN3O2/c1-13-6-7-14(2)19(12-13)25-21(27)18-5-3-4-17(24-18)20(26)23-16-10-8-15(22)9-11-16/h3-12H,1-2H3,(H,23,26)(H,25,27). The molecule has 1 aromatic heterocycles. The van der Waals surface area contributed by atoms with E-state index >= 15 is 0 Å². The minimum absolute atomic E-state index is 0.151. The molecule has 0 aliphatic heterocycles. The molecular formula is C21H18ClN3O2. The number of nitrogens with one attached hydrogen (secondary N) is 2. The second kappa shape index (κ2) is 8.01. The molecule has 3 rings (SSSR count). The summed E-state index contributed by atoms with van der Waals surface area (Å²) >= 11 is 5.84. The Morgan fingerprint density at radius 2 is 1.48 bits per heavy atom. The maximum absolute atomic E-state index is 12.5. The van der Waals surface area contributed by atoms with E-state index < -0.39 is 5.91 Å². The van der Waals surface area contributed by atoms with Gasteiger partial charge in [-0.2, -0.15) is 0 Å². The third-order valence-corrected chi connectivity index (χ3v) is 4.21. The lowest BCUT2D eigenvalue weighted by molar-refractivity contribution is 0.101. The fourth-order valence-corrected chi connectivity index (χ4v) is 2.60. The first-order chi connectivity index (χ1) is 12.9. The van der Waals surface area contributed by atoms with Gasteiger partial charge in [0.2, 0.25) is 0 Å². The van der Waals surface area contributed by atoms with Gasteiger partial charge in [-0.15, -0.1) is 0 Å². The average Bonchev–Trinajstić information content (AvgIpc) is 2.66. The number of carbonyl (C=O) groups excluding carboxylic acids is 2. The van der Waals surface area contributed by atoms with Crippen molar-refractivity contribution in [2.24, 2.45) is 0 Å². The van der Waals surface area contributed by atoms with Crippen LogP contribution in [0.4, 0.5) is 11.4 Å². The van der Waals surface area contributed by atoms with Crippen LogP contribution in [0.2, 0.25) is 5.02 Å². The monoisotopic (exact) mass is 379 g/mol. The Labute approximate surface area is 162 Å². The van der Waals surface area contributed by atoms with E-state index in [4.69, 9.17) is 11.6 Å². The van der Waals surface area contributed by atoms with Gasteiger partial charge in [0.15, 0.2) is 0 Å². The quantitative estimate of drug-likeness (QED) is 0.680. The van der Waals surface area contributed by atoms with E-state index in [9.17, 15) is 9.59 Å². The van der Waals surface area contributed by atoms with Crippen LogP contribution in [0.15, 0.2) is 60.7 Å². The fourth-order valence-electron chi connectivity index (χ4n) is 2.47. The summed E-state index contributed by atoms with van der Waals surface area (Å²) in [5.74, 6) is -0.774. The predicted molar refractivity (Wildman–Crippen MR) is 108 cm³/mol. The number of carbonyl (C=O) groups is 2. The number of anilines is 2. The molecule has 0 saturated heterocycles. The topological polar surface area (TPSA) is 71.1 Å². The molecule has 0 aliphatic carbocycles. The van der Waals surface area contributed by atoms with E-state index in [1.807, 2.05) is 32.0 Å². The summed E-state index contributed by atoms with van der Waals surface area (Å²) in [5, 5.41) is 6.15. The molecule has 6 heteroatoms. The van der Waals surface area contributed by atoms with Crippen LogP contribution in [0, 0.1) is 13.8 Å². The number of hydrogen-bond donors (Lipinski definition) is 2. The van der Waals surface area contributed by atoms with E-state index in [-0.39, 0.29) is 17.3 Å². The van der Waals surface area contributed by atoms with Crippen molar-refractivity contribution in [2.45, 2.75) is 13.8 Å². The van der Waals surface area contributed by atoms with Gasteiger partial charge >= 0.3 is 0 Å². The highest BCUT2D eigenvalue weighted by molar-refractivity contribution is 6.30. The van der Waals surface area contributed by atoms with Crippen molar-refractivity contribution in [3.63, 3.8) is 0 Å². The summed E-state index contributed by atoms with van der Waals surface area (Å²) < 4.78 is 0. The van der Waals surface area contributed by atoms with E-state index in [0.29, 0.717) is 10.7 Å². The smallest absolute Gasteiger partial charge is 0.274 e. The van der Waals surface area contributed by atoms with Crippen molar-refractivity contribution in [1.29, 1.82) is 0 Å². The molecule has 5 nitrogen and oxygen atoms in total. The summed E-state index contributed by atoms with van der Waals surface area (Å²) in [6.45, 7) is 3.87. The molecule has 0 spiro atoms. The van der Waals surface area contributed by atoms with Gasteiger partial charge < -0.3 is 10.6 Å². The summed E-state index contributed by atoms with van der Waals surface area (Å²) in [6, 6.07) is 17.3. The van der Waals surface area contributed by atoms with Gasteiger partial charge in [-0.05, 0) is 67.4 Å². The van der Waals surface area contributed by atoms with E-state index in [0.717, 1.165) is 16.8 Å². The van der Waals surface area contributed by atoms with Crippen LogP contribution >= 0.6 is 11.6 Å². The summed E-state index contributed by atoms with van der Waals surface area (Å²) in [4.78, 5) is 29.1. The lowest BCUT2D eigenvalue weighted by Crippen LogP contribution is -2.18. The normalized spacial score (nSPS) is 10.3. The van der Waals surface area contributed by atoms with Crippen LogP contribution in [0.25, 0.3) is 0 Å². The molecule has 0 fully saturated rings. The van der Waals surface area contributed by atoms with Crippen LogP contribution in [0.1, 0.15) is 32.1 Å². The molecule has 2 N–H and O–H groups in total. The molecule has 0 bridgehead atoms. The van der Waals surface area contributed by atoms with Gasteiger partial charge in [-0.3, -0.25) is 9.59 Å². The number of benzene rings is 2. The van der Waals surface area contributed by atoms with E-state index in [1.165, 1.54) is 0 Å². The van der Waals surface area contributed by atoms with Crippen molar-refractivity contribution in [1.82, 2.24) is 4.98 Å². The lowest BCUT2D eigenvalue weighted by atomic mass is 10.1. The van der Waals surface area contributed by atoms with Crippen molar-refractivity contribution >= 4 is 34.8 Å². The first-order valence-electron chi connectivity index (χ1n) is 8.35. The number of aromatic nitrogens is 1. The Morgan fingerprint density at radius 3 is 2.15 bits per heavy atom. The Morgan fingerprint density at radius 1 is 0.852 bits per heavy atom. The molecule has 0 aliphatic rings. The van der Waals surface area contributed by atoms with Crippen LogP contribution in [0.5, 0.6) is 0 Å². The lowest BCUT2D eigenvalue weighted by Gasteiger charge is -2.10. The SMILES string of the molecule is Cc1ccc(C)c(NC(=O)c2cccc(C(=O)Nc3ccc(Cl)cc3)n2)c1. The van der Waals surface area contributed by atoms with Gasteiger partial charge in [0.25, 0.3) is 11.8 Å². The van der Waals surface area contributed by atoms with Gasteiger partial charge in [0, 0.05) is 16.4 Å². The number of pyridine rings is 1. The molecule has 27 heavy (non-hydrogen) atoms. The Kier molecular flexibility index (Phi) is 5.52. The van der Waals surface area contributed by atoms with Gasteiger partial charge in [-0.25, -0.2) is 4.98 Å². The zero-order valence-electron chi connectivity index (χ0n) is 14.9. The third-order valence-electron chi connectivity index (χ3n) is 3.96. The number of amides is 2. The summed E-state index contributed by atoms with van der Waals surface area (Å²) in [5.41, 5.74) is 3.62. The Bertz CT molecular complexity index is 1000. The minimum atomic E-state index is -0.404. The van der Waals surface area contributed by atoms with Gasteiger partial charge in [0.1, 0.15) is 11.4 Å². The Hall–Kier alpha value is -3.18.